The first kappa shape index (κ1) is 23.4. The minimum atomic E-state index is -0.804. The van der Waals surface area contributed by atoms with Crippen molar-refractivity contribution in [3.8, 4) is 34.4 Å². The van der Waals surface area contributed by atoms with Gasteiger partial charge in [0, 0.05) is 23.5 Å². The summed E-state index contributed by atoms with van der Waals surface area (Å²) in [5.74, 6) is 0.538. The third-order valence-electron chi connectivity index (χ3n) is 5.80. The molecule has 0 saturated carbocycles. The monoisotopic (exact) mass is 469 g/mol. The van der Waals surface area contributed by atoms with Gasteiger partial charge in [-0.25, -0.2) is 4.79 Å². The van der Waals surface area contributed by atoms with Crippen molar-refractivity contribution in [3.05, 3.63) is 93.9 Å². The molecule has 1 aliphatic heterocycles. The van der Waals surface area contributed by atoms with Gasteiger partial charge in [0.15, 0.2) is 5.75 Å². The molecule has 8 nitrogen and oxygen atoms in total. The second-order valence-corrected chi connectivity index (χ2v) is 7.62. The average molecular weight is 469 g/mol. The summed E-state index contributed by atoms with van der Waals surface area (Å²) in [4.78, 5) is 17.4. The topological polar surface area (TPSA) is 121 Å². The van der Waals surface area contributed by atoms with Gasteiger partial charge in [0.25, 0.3) is 0 Å². The molecule has 35 heavy (non-hydrogen) atoms. The van der Waals surface area contributed by atoms with Gasteiger partial charge in [-0.1, -0.05) is 19.6 Å². The number of nitrogens with zero attached hydrogens (tertiary/aromatic N) is 2. The Morgan fingerprint density at radius 3 is 2.63 bits per heavy atom. The Labute approximate surface area is 201 Å². The number of hydrogen-bond acceptors (Lipinski definition) is 8. The van der Waals surface area contributed by atoms with Gasteiger partial charge >= 0.3 is 5.63 Å². The second-order valence-electron chi connectivity index (χ2n) is 7.62. The molecule has 0 spiro atoms. The molecule has 176 valence electrons. The Morgan fingerprint density at radius 2 is 1.94 bits per heavy atom. The van der Waals surface area contributed by atoms with Gasteiger partial charge in [-0.3, -0.25) is 4.98 Å². The summed E-state index contributed by atoms with van der Waals surface area (Å²) < 4.78 is 22.3. The number of nitrogens with two attached hydrogens (primary N) is 1. The van der Waals surface area contributed by atoms with Crippen molar-refractivity contribution in [3.63, 3.8) is 0 Å². The molecule has 0 radical (unpaired) electrons. The van der Waals surface area contributed by atoms with Crippen LogP contribution in [0.3, 0.4) is 0 Å². The lowest BCUT2D eigenvalue weighted by molar-refractivity contribution is 0.386. The molecule has 3 heterocycles. The highest BCUT2D eigenvalue weighted by Gasteiger charge is 2.36. The number of aromatic nitrogens is 1. The third-order valence-corrected chi connectivity index (χ3v) is 5.80. The fourth-order valence-corrected chi connectivity index (χ4v) is 4.21. The maximum Gasteiger partial charge on any atom is 0.344 e. The number of allylic oxidation sites excluding steroid dienone is 1. The lowest BCUT2D eigenvalue weighted by Crippen LogP contribution is -2.26. The van der Waals surface area contributed by atoms with Crippen LogP contribution in [-0.2, 0) is 0 Å². The molecular weight excluding hydrogens is 446 g/mol. The molecule has 1 atom stereocenters. The van der Waals surface area contributed by atoms with E-state index in [1.165, 1.54) is 7.11 Å². The maximum atomic E-state index is 13.2. The third kappa shape index (κ3) is 3.83. The van der Waals surface area contributed by atoms with Gasteiger partial charge in [0.05, 0.1) is 31.1 Å². The Bertz CT molecular complexity index is 1550. The van der Waals surface area contributed by atoms with Gasteiger partial charge in [-0.05, 0) is 42.0 Å². The summed E-state index contributed by atoms with van der Waals surface area (Å²) in [6.07, 6.45) is 3.39. The summed E-state index contributed by atoms with van der Waals surface area (Å²) in [6.45, 7) is 0. The minimum absolute atomic E-state index is 0. The smallest absolute Gasteiger partial charge is 0.344 e. The van der Waals surface area contributed by atoms with Crippen molar-refractivity contribution in [2.45, 2.75) is 13.3 Å². The molecule has 4 aromatic rings. The Kier molecular flexibility index (Phi) is 6.17. The average Bonchev–Trinajstić information content (AvgIpc) is 2.88. The standard InChI is InChI=1S/C26H19N3O5.CH4/c1-31-16-6-8-21-18(11-16)24-23(26(30)33-21)22(19(12-27)25(28)34-24)14-5-7-20(32-2)17(10-14)15-4-3-9-29-13-15;/h3-11,13,22H,28H2,1-2H3;1H4. The zero-order chi connectivity index (χ0) is 23.8. The van der Waals surface area contributed by atoms with Gasteiger partial charge in [-0.2, -0.15) is 5.26 Å². The van der Waals surface area contributed by atoms with E-state index in [1.807, 2.05) is 18.2 Å². The van der Waals surface area contributed by atoms with Gasteiger partial charge in [-0.15, -0.1) is 0 Å². The molecule has 1 unspecified atom stereocenters. The van der Waals surface area contributed by atoms with Gasteiger partial charge in [0.1, 0.15) is 28.7 Å². The lowest BCUT2D eigenvalue weighted by Gasteiger charge is -2.26. The number of methoxy groups -OCH3 is 2. The van der Waals surface area contributed by atoms with E-state index in [2.05, 4.69) is 11.1 Å². The van der Waals surface area contributed by atoms with Crippen molar-refractivity contribution in [1.29, 1.82) is 5.26 Å². The van der Waals surface area contributed by atoms with Crippen LogP contribution in [0.4, 0.5) is 0 Å². The summed E-state index contributed by atoms with van der Waals surface area (Å²) in [7, 11) is 3.11. The lowest BCUT2D eigenvalue weighted by atomic mass is 9.82. The molecule has 5 rings (SSSR count). The van der Waals surface area contributed by atoms with E-state index in [0.29, 0.717) is 28.0 Å². The van der Waals surface area contributed by atoms with E-state index >= 15 is 0 Å². The van der Waals surface area contributed by atoms with Crippen molar-refractivity contribution in [1.82, 2.24) is 4.98 Å². The fraction of sp³-hybridized carbons (Fsp3) is 0.148. The van der Waals surface area contributed by atoms with Crippen LogP contribution in [0.1, 0.15) is 24.5 Å². The van der Waals surface area contributed by atoms with Crippen LogP contribution < -0.4 is 25.6 Å². The predicted molar refractivity (Wildman–Crippen MR) is 131 cm³/mol. The predicted octanol–water partition coefficient (Wildman–Crippen LogP) is 4.73. The molecule has 0 fully saturated rings. The van der Waals surface area contributed by atoms with E-state index in [-0.39, 0.29) is 30.2 Å². The highest BCUT2D eigenvalue weighted by Crippen LogP contribution is 2.45. The van der Waals surface area contributed by atoms with E-state index in [9.17, 15) is 10.1 Å². The van der Waals surface area contributed by atoms with Crippen molar-refractivity contribution >= 4 is 11.0 Å². The van der Waals surface area contributed by atoms with Crippen LogP contribution in [-0.4, -0.2) is 19.2 Å². The summed E-state index contributed by atoms with van der Waals surface area (Å²) in [6, 6.07) is 16.3. The van der Waals surface area contributed by atoms with Crippen molar-refractivity contribution in [2.24, 2.45) is 5.73 Å². The molecule has 1 aliphatic rings. The first-order valence-electron chi connectivity index (χ1n) is 10.4. The molecule has 0 aliphatic carbocycles. The number of fused-ring (bicyclic) bond motifs is 3. The normalized spacial score (nSPS) is 14.4. The first-order chi connectivity index (χ1) is 16.5. The van der Waals surface area contributed by atoms with Crippen LogP contribution in [0, 0.1) is 11.3 Å². The van der Waals surface area contributed by atoms with Crippen molar-refractivity contribution < 1.29 is 18.6 Å². The zero-order valence-electron chi connectivity index (χ0n) is 18.4. The summed E-state index contributed by atoms with van der Waals surface area (Å²) in [5.41, 5.74) is 8.42. The molecular formula is C27H23N3O5. The van der Waals surface area contributed by atoms with E-state index in [4.69, 9.17) is 24.4 Å². The van der Waals surface area contributed by atoms with Crippen LogP contribution in [0.5, 0.6) is 17.2 Å². The van der Waals surface area contributed by atoms with Gasteiger partial charge in [0.2, 0.25) is 5.88 Å². The van der Waals surface area contributed by atoms with E-state index < -0.39 is 11.5 Å². The van der Waals surface area contributed by atoms with Crippen LogP contribution in [0.25, 0.3) is 22.1 Å². The molecule has 2 aromatic carbocycles. The van der Waals surface area contributed by atoms with E-state index in [1.54, 1.807) is 49.8 Å². The maximum absolute atomic E-state index is 13.2. The Morgan fingerprint density at radius 1 is 1.11 bits per heavy atom. The van der Waals surface area contributed by atoms with Crippen molar-refractivity contribution in [2.75, 3.05) is 14.2 Å². The van der Waals surface area contributed by atoms with E-state index in [0.717, 1.165) is 11.1 Å². The molecule has 2 N–H and O–H groups in total. The summed E-state index contributed by atoms with van der Waals surface area (Å²) in [5, 5.41) is 10.5. The van der Waals surface area contributed by atoms with Gasteiger partial charge < -0.3 is 24.4 Å². The quantitative estimate of drug-likeness (QED) is 0.426. The summed E-state index contributed by atoms with van der Waals surface area (Å²) >= 11 is 0. The molecule has 0 bridgehead atoms. The Balaban J connectivity index is 0.00000289. The number of hydrogen-bond donors (Lipinski definition) is 1. The van der Waals surface area contributed by atoms with Crippen LogP contribution in [0.15, 0.2) is 81.6 Å². The number of ether oxygens (including phenoxy) is 3. The highest BCUT2D eigenvalue weighted by atomic mass is 16.5. The Hall–Kier alpha value is -4.77. The number of rotatable bonds is 4. The fourth-order valence-electron chi connectivity index (χ4n) is 4.21. The zero-order valence-corrected chi connectivity index (χ0v) is 18.4. The highest BCUT2D eigenvalue weighted by molar-refractivity contribution is 5.87. The molecule has 0 amide bonds. The molecule has 0 saturated heterocycles. The number of nitriles is 1. The SMILES string of the molecule is C.COc1ccc2oc(=O)c3c(c2c1)OC(N)=C(C#N)C3c1ccc(OC)c(-c2cccnc2)c1. The van der Waals surface area contributed by atoms with Crippen LogP contribution >= 0.6 is 0 Å². The largest absolute Gasteiger partial charge is 0.497 e. The second kappa shape index (κ2) is 9.23. The molecule has 8 heteroatoms. The molecule has 2 aromatic heterocycles. The first-order valence-corrected chi connectivity index (χ1v) is 10.4. The van der Waals surface area contributed by atoms with Crippen LogP contribution in [0.2, 0.25) is 0 Å². The minimum Gasteiger partial charge on any atom is -0.497 e. The number of benzene rings is 2. The number of pyridine rings is 1.